The lowest BCUT2D eigenvalue weighted by atomic mass is 9.93. The van der Waals surface area contributed by atoms with Gasteiger partial charge < -0.3 is 15.2 Å². The van der Waals surface area contributed by atoms with Crippen LogP contribution in [0.15, 0.2) is 0 Å². The van der Waals surface area contributed by atoms with Crippen LogP contribution < -0.4 is 5.32 Å². The van der Waals surface area contributed by atoms with Crippen LogP contribution >= 0.6 is 0 Å². The second kappa shape index (κ2) is 5.83. The molecule has 90 valence electrons. The van der Waals surface area contributed by atoms with Crippen LogP contribution in [0.2, 0.25) is 0 Å². The summed E-state index contributed by atoms with van der Waals surface area (Å²) in [7, 11) is 0. The van der Waals surface area contributed by atoms with Gasteiger partial charge in [0.2, 0.25) is 0 Å². The van der Waals surface area contributed by atoms with Crippen molar-refractivity contribution in [2.45, 2.75) is 64.2 Å². The monoisotopic (exact) mass is 215 g/mol. The molecule has 2 atom stereocenters. The maximum atomic E-state index is 9.72. The first-order valence-corrected chi connectivity index (χ1v) is 6.04. The summed E-state index contributed by atoms with van der Waals surface area (Å²) >= 11 is 0. The molecule has 0 bridgehead atoms. The molecule has 0 heterocycles. The Labute approximate surface area is 93.2 Å². The van der Waals surface area contributed by atoms with Gasteiger partial charge in [-0.3, -0.25) is 0 Å². The van der Waals surface area contributed by atoms with Gasteiger partial charge in [0.25, 0.3) is 0 Å². The van der Waals surface area contributed by atoms with Gasteiger partial charge in [0.1, 0.15) is 0 Å². The molecule has 1 rings (SSSR count). The van der Waals surface area contributed by atoms with Crippen molar-refractivity contribution < 1.29 is 9.84 Å². The first-order valence-electron chi connectivity index (χ1n) is 6.04. The number of hydrogen-bond acceptors (Lipinski definition) is 3. The summed E-state index contributed by atoms with van der Waals surface area (Å²) < 4.78 is 5.61. The van der Waals surface area contributed by atoms with Gasteiger partial charge >= 0.3 is 0 Å². The van der Waals surface area contributed by atoms with Gasteiger partial charge in [-0.25, -0.2) is 0 Å². The Hall–Kier alpha value is -0.120. The van der Waals surface area contributed by atoms with Crippen LogP contribution in [0, 0.1) is 0 Å². The van der Waals surface area contributed by atoms with E-state index in [0.29, 0.717) is 6.61 Å². The van der Waals surface area contributed by atoms with Crippen molar-refractivity contribution in [2.24, 2.45) is 0 Å². The summed E-state index contributed by atoms with van der Waals surface area (Å²) in [6, 6.07) is 0.280. The van der Waals surface area contributed by atoms with E-state index in [1.807, 2.05) is 0 Å². The van der Waals surface area contributed by atoms with Crippen LogP contribution in [-0.2, 0) is 4.74 Å². The van der Waals surface area contributed by atoms with Gasteiger partial charge in [-0.2, -0.15) is 0 Å². The van der Waals surface area contributed by atoms with Gasteiger partial charge in [-0.1, -0.05) is 12.8 Å². The zero-order chi connectivity index (χ0) is 11.3. The number of rotatable bonds is 4. The highest BCUT2D eigenvalue weighted by Crippen LogP contribution is 2.18. The second-order valence-electron chi connectivity index (χ2n) is 5.37. The Kier molecular flexibility index (Phi) is 5.03. The fourth-order valence-corrected chi connectivity index (χ4v) is 1.95. The molecular weight excluding hydrogens is 190 g/mol. The second-order valence-corrected chi connectivity index (χ2v) is 5.37. The largest absolute Gasteiger partial charge is 0.392 e. The lowest BCUT2D eigenvalue weighted by molar-refractivity contribution is -0.00473. The minimum atomic E-state index is -0.159. The summed E-state index contributed by atoms with van der Waals surface area (Å²) in [5, 5.41) is 13.1. The van der Waals surface area contributed by atoms with Crippen molar-refractivity contribution in [2.75, 3.05) is 13.2 Å². The molecule has 0 radical (unpaired) electrons. The van der Waals surface area contributed by atoms with E-state index in [1.54, 1.807) is 0 Å². The Morgan fingerprint density at radius 3 is 2.53 bits per heavy atom. The van der Waals surface area contributed by atoms with Gasteiger partial charge in [0, 0.05) is 12.6 Å². The van der Waals surface area contributed by atoms with Crippen molar-refractivity contribution >= 4 is 0 Å². The summed E-state index contributed by atoms with van der Waals surface area (Å²) in [6.07, 6.45) is 4.27. The molecule has 1 saturated carbocycles. The van der Waals surface area contributed by atoms with Crippen LogP contribution in [-0.4, -0.2) is 36.0 Å². The van der Waals surface area contributed by atoms with E-state index >= 15 is 0 Å². The van der Waals surface area contributed by atoms with Gasteiger partial charge in [-0.05, 0) is 33.6 Å². The molecule has 0 spiro atoms. The summed E-state index contributed by atoms with van der Waals surface area (Å²) in [5.74, 6) is 0. The fourth-order valence-electron chi connectivity index (χ4n) is 1.95. The molecule has 1 aliphatic carbocycles. The van der Waals surface area contributed by atoms with E-state index in [2.05, 4.69) is 26.1 Å². The smallest absolute Gasteiger partial charge is 0.0693 e. The van der Waals surface area contributed by atoms with Crippen LogP contribution in [0.3, 0.4) is 0 Å². The third-order valence-corrected chi connectivity index (χ3v) is 2.77. The fraction of sp³-hybridized carbons (Fsp3) is 1.00. The van der Waals surface area contributed by atoms with E-state index in [-0.39, 0.29) is 17.7 Å². The molecular formula is C12H25NO2. The Bertz CT molecular complexity index is 177. The van der Waals surface area contributed by atoms with Crippen LogP contribution in [0.5, 0.6) is 0 Å². The topological polar surface area (TPSA) is 41.5 Å². The van der Waals surface area contributed by atoms with Crippen molar-refractivity contribution in [3.05, 3.63) is 0 Å². The Balaban J connectivity index is 2.08. The van der Waals surface area contributed by atoms with E-state index in [9.17, 15) is 5.11 Å². The van der Waals surface area contributed by atoms with Gasteiger partial charge in [-0.15, -0.1) is 0 Å². The van der Waals surface area contributed by atoms with Gasteiger partial charge in [0.05, 0.1) is 18.3 Å². The number of nitrogens with one attached hydrogen (secondary N) is 1. The summed E-state index contributed by atoms with van der Waals surface area (Å²) in [6.45, 7) is 7.72. The Morgan fingerprint density at radius 1 is 1.27 bits per heavy atom. The molecule has 0 aliphatic heterocycles. The molecule has 0 aromatic rings. The number of hydrogen-bond donors (Lipinski definition) is 2. The lowest BCUT2D eigenvalue weighted by Crippen LogP contribution is -2.43. The van der Waals surface area contributed by atoms with Crippen molar-refractivity contribution in [3.63, 3.8) is 0 Å². The van der Waals surface area contributed by atoms with Crippen molar-refractivity contribution in [1.29, 1.82) is 0 Å². The summed E-state index contributed by atoms with van der Waals surface area (Å²) in [4.78, 5) is 0. The molecule has 3 nitrogen and oxygen atoms in total. The minimum absolute atomic E-state index is 0.0626. The first-order chi connectivity index (χ1) is 6.99. The predicted molar refractivity (Wildman–Crippen MR) is 62.0 cm³/mol. The highest BCUT2D eigenvalue weighted by molar-refractivity contribution is 4.80. The highest BCUT2D eigenvalue weighted by atomic mass is 16.5. The van der Waals surface area contributed by atoms with Crippen LogP contribution in [0.1, 0.15) is 46.5 Å². The zero-order valence-electron chi connectivity index (χ0n) is 10.3. The third-order valence-electron chi connectivity index (χ3n) is 2.77. The third kappa shape index (κ3) is 5.50. The van der Waals surface area contributed by atoms with Gasteiger partial charge in [0.15, 0.2) is 0 Å². The molecule has 15 heavy (non-hydrogen) atoms. The Morgan fingerprint density at radius 2 is 1.93 bits per heavy atom. The van der Waals surface area contributed by atoms with E-state index in [0.717, 1.165) is 25.8 Å². The number of aliphatic hydroxyl groups excluding tert-OH is 1. The average molecular weight is 215 g/mol. The van der Waals surface area contributed by atoms with Crippen LogP contribution in [0.4, 0.5) is 0 Å². The SMILES string of the molecule is CC(C)(C)OCCNC1CCCCC1O. The molecule has 0 saturated heterocycles. The zero-order valence-corrected chi connectivity index (χ0v) is 10.3. The maximum absolute atomic E-state index is 9.72. The molecule has 1 fully saturated rings. The highest BCUT2D eigenvalue weighted by Gasteiger charge is 2.22. The van der Waals surface area contributed by atoms with Crippen molar-refractivity contribution in [1.82, 2.24) is 5.32 Å². The molecule has 2 N–H and O–H groups in total. The molecule has 3 heteroatoms. The van der Waals surface area contributed by atoms with Crippen LogP contribution in [0.25, 0.3) is 0 Å². The first kappa shape index (κ1) is 12.9. The predicted octanol–water partition coefficient (Wildman–Crippen LogP) is 1.69. The number of aliphatic hydroxyl groups is 1. The summed E-state index contributed by atoms with van der Waals surface area (Å²) in [5.41, 5.74) is -0.0626. The minimum Gasteiger partial charge on any atom is -0.392 e. The van der Waals surface area contributed by atoms with E-state index in [1.165, 1.54) is 6.42 Å². The maximum Gasteiger partial charge on any atom is 0.0693 e. The average Bonchev–Trinajstić information content (AvgIpc) is 2.13. The molecule has 0 aromatic heterocycles. The normalized spacial score (nSPS) is 28.0. The molecule has 0 amide bonds. The van der Waals surface area contributed by atoms with Crippen molar-refractivity contribution in [3.8, 4) is 0 Å². The molecule has 1 aliphatic rings. The molecule has 2 unspecified atom stereocenters. The lowest BCUT2D eigenvalue weighted by Gasteiger charge is -2.29. The number of ether oxygens (including phenoxy) is 1. The standard InChI is InChI=1S/C12H25NO2/c1-12(2,3)15-9-8-13-10-6-4-5-7-11(10)14/h10-11,13-14H,4-9H2,1-3H3. The quantitative estimate of drug-likeness (QED) is 0.701. The molecule has 0 aromatic carbocycles. The van der Waals surface area contributed by atoms with E-state index in [4.69, 9.17) is 4.74 Å². The van der Waals surface area contributed by atoms with E-state index < -0.39 is 0 Å².